The average Bonchev–Trinajstić information content (AvgIpc) is 3.23. The van der Waals surface area contributed by atoms with E-state index in [1.165, 1.54) is 0 Å². The lowest BCUT2D eigenvalue weighted by atomic mass is 9.85. The van der Waals surface area contributed by atoms with Crippen LogP contribution in [0.1, 0.15) is 30.2 Å². The lowest BCUT2D eigenvalue weighted by Gasteiger charge is -2.18. The van der Waals surface area contributed by atoms with Crippen LogP contribution >= 0.6 is 0 Å². The molecule has 1 atom stereocenters. The molecule has 1 fully saturated rings. The molecule has 4 rings (SSSR count). The fourth-order valence-corrected chi connectivity index (χ4v) is 3.61. The molecule has 1 heterocycles. The van der Waals surface area contributed by atoms with Crippen molar-refractivity contribution in [3.63, 3.8) is 0 Å². The third-order valence-electron chi connectivity index (χ3n) is 5.07. The maximum Gasteiger partial charge on any atom is 0.244 e. The van der Waals surface area contributed by atoms with Crippen LogP contribution in [-0.4, -0.2) is 11.6 Å². The summed E-state index contributed by atoms with van der Waals surface area (Å²) in [7, 11) is 0. The van der Waals surface area contributed by atoms with Gasteiger partial charge in [-0.25, -0.2) is 5.43 Å². The number of nitrogens with one attached hydrogen (secondary N) is 1. The van der Waals surface area contributed by atoms with Crippen molar-refractivity contribution in [3.8, 4) is 0 Å². The summed E-state index contributed by atoms with van der Waals surface area (Å²) in [5, 5.41) is 4.20. The highest BCUT2D eigenvalue weighted by Gasteiger charge is 2.60. The SMILES string of the molecule is C/C(=N\NC(=O)[C@@H]1CC1(c1ccccc1)c1ccccc1)c1ccco1. The van der Waals surface area contributed by atoms with E-state index in [0.717, 1.165) is 17.5 Å². The monoisotopic (exact) mass is 344 g/mol. The second-order valence-corrected chi connectivity index (χ2v) is 6.61. The summed E-state index contributed by atoms with van der Waals surface area (Å²) in [6.07, 6.45) is 2.37. The van der Waals surface area contributed by atoms with Crippen LogP contribution in [0.3, 0.4) is 0 Å². The van der Waals surface area contributed by atoms with Gasteiger partial charge in [0.05, 0.1) is 12.2 Å². The molecule has 1 amide bonds. The van der Waals surface area contributed by atoms with Crippen molar-refractivity contribution in [1.29, 1.82) is 0 Å². The summed E-state index contributed by atoms with van der Waals surface area (Å²) in [5.41, 5.74) is 5.42. The quantitative estimate of drug-likeness (QED) is 0.559. The summed E-state index contributed by atoms with van der Waals surface area (Å²) in [4.78, 5) is 12.8. The van der Waals surface area contributed by atoms with E-state index in [1.54, 1.807) is 12.3 Å². The van der Waals surface area contributed by atoms with Gasteiger partial charge in [-0.2, -0.15) is 5.10 Å². The van der Waals surface area contributed by atoms with Gasteiger partial charge in [0.25, 0.3) is 0 Å². The first-order valence-electron chi connectivity index (χ1n) is 8.71. The van der Waals surface area contributed by atoms with Crippen LogP contribution in [-0.2, 0) is 10.2 Å². The van der Waals surface area contributed by atoms with Gasteiger partial charge in [-0.1, -0.05) is 60.7 Å². The van der Waals surface area contributed by atoms with Crippen LogP contribution in [0, 0.1) is 5.92 Å². The summed E-state index contributed by atoms with van der Waals surface area (Å²) in [6.45, 7) is 1.81. The lowest BCUT2D eigenvalue weighted by Crippen LogP contribution is -2.26. The Morgan fingerprint density at radius 1 is 1.00 bits per heavy atom. The van der Waals surface area contributed by atoms with E-state index in [4.69, 9.17) is 4.42 Å². The Bertz CT molecular complexity index is 876. The number of hydrazone groups is 1. The smallest absolute Gasteiger partial charge is 0.244 e. The van der Waals surface area contributed by atoms with Gasteiger partial charge in [0.2, 0.25) is 5.91 Å². The molecule has 3 aromatic rings. The Balaban J connectivity index is 1.59. The molecule has 4 nitrogen and oxygen atoms in total. The highest BCUT2D eigenvalue weighted by atomic mass is 16.3. The number of hydrogen-bond acceptors (Lipinski definition) is 3. The van der Waals surface area contributed by atoms with E-state index in [-0.39, 0.29) is 17.2 Å². The van der Waals surface area contributed by atoms with Crippen molar-refractivity contribution < 1.29 is 9.21 Å². The minimum absolute atomic E-state index is 0.0661. The minimum Gasteiger partial charge on any atom is -0.463 e. The molecule has 1 aromatic heterocycles. The molecule has 0 radical (unpaired) electrons. The molecule has 0 aliphatic heterocycles. The Kier molecular flexibility index (Phi) is 4.17. The summed E-state index contributed by atoms with van der Waals surface area (Å²) >= 11 is 0. The highest BCUT2D eigenvalue weighted by Crippen LogP contribution is 2.58. The number of nitrogens with zero attached hydrogens (tertiary/aromatic N) is 1. The Hall–Kier alpha value is -3.14. The molecule has 1 N–H and O–H groups in total. The molecular weight excluding hydrogens is 324 g/mol. The van der Waals surface area contributed by atoms with Crippen LogP contribution in [0.5, 0.6) is 0 Å². The fourth-order valence-electron chi connectivity index (χ4n) is 3.61. The van der Waals surface area contributed by atoms with Gasteiger partial charge in [-0.05, 0) is 36.6 Å². The number of furan rings is 1. The summed E-state index contributed by atoms with van der Waals surface area (Å²) in [5.74, 6) is 0.447. The predicted molar refractivity (Wildman–Crippen MR) is 101 cm³/mol. The van der Waals surface area contributed by atoms with Gasteiger partial charge in [0.1, 0.15) is 11.5 Å². The first kappa shape index (κ1) is 16.3. The van der Waals surface area contributed by atoms with Crippen LogP contribution in [0.4, 0.5) is 0 Å². The first-order chi connectivity index (χ1) is 12.7. The van der Waals surface area contributed by atoms with E-state index in [9.17, 15) is 4.79 Å². The molecular formula is C22H20N2O2. The van der Waals surface area contributed by atoms with E-state index >= 15 is 0 Å². The first-order valence-corrected chi connectivity index (χ1v) is 8.71. The van der Waals surface area contributed by atoms with Gasteiger partial charge < -0.3 is 4.42 Å². The number of amides is 1. The van der Waals surface area contributed by atoms with E-state index < -0.39 is 0 Å². The molecule has 1 aliphatic carbocycles. The third kappa shape index (κ3) is 2.84. The molecule has 0 bridgehead atoms. The number of carbonyl (C=O) groups excluding carboxylic acids is 1. The average molecular weight is 344 g/mol. The van der Waals surface area contributed by atoms with Gasteiger partial charge in [-0.15, -0.1) is 0 Å². The highest BCUT2D eigenvalue weighted by molar-refractivity contribution is 5.97. The number of benzene rings is 2. The van der Waals surface area contributed by atoms with Crippen molar-refractivity contribution >= 4 is 11.6 Å². The molecule has 130 valence electrons. The zero-order valence-electron chi connectivity index (χ0n) is 14.6. The Labute approximate surface area is 152 Å². The van der Waals surface area contributed by atoms with Crippen LogP contribution < -0.4 is 5.43 Å². The van der Waals surface area contributed by atoms with Crippen LogP contribution in [0.25, 0.3) is 0 Å². The van der Waals surface area contributed by atoms with Crippen molar-refractivity contribution in [2.75, 3.05) is 0 Å². The minimum atomic E-state index is -0.277. The Morgan fingerprint density at radius 3 is 2.15 bits per heavy atom. The second-order valence-electron chi connectivity index (χ2n) is 6.61. The van der Waals surface area contributed by atoms with Gasteiger partial charge in [-0.3, -0.25) is 4.79 Å². The van der Waals surface area contributed by atoms with E-state index in [1.807, 2.05) is 49.4 Å². The topological polar surface area (TPSA) is 54.6 Å². The van der Waals surface area contributed by atoms with Gasteiger partial charge in [0.15, 0.2) is 0 Å². The van der Waals surface area contributed by atoms with Crippen LogP contribution in [0.2, 0.25) is 0 Å². The van der Waals surface area contributed by atoms with E-state index in [2.05, 4.69) is 34.8 Å². The Morgan fingerprint density at radius 2 is 1.62 bits per heavy atom. The maximum atomic E-state index is 12.8. The van der Waals surface area contributed by atoms with Crippen molar-refractivity contribution in [1.82, 2.24) is 5.43 Å². The molecule has 4 heteroatoms. The number of carbonyl (C=O) groups is 1. The summed E-state index contributed by atoms with van der Waals surface area (Å²) in [6, 6.07) is 24.1. The molecule has 0 unspecified atom stereocenters. The molecule has 2 aromatic carbocycles. The molecule has 1 aliphatic rings. The third-order valence-corrected chi connectivity index (χ3v) is 5.07. The summed E-state index contributed by atoms with van der Waals surface area (Å²) < 4.78 is 5.30. The molecule has 0 spiro atoms. The fraction of sp³-hybridized carbons (Fsp3) is 0.182. The zero-order chi connectivity index (χ0) is 18.0. The standard InChI is InChI=1S/C22H20N2O2/c1-16(20-13-8-14-26-20)23-24-21(25)19-15-22(19,17-9-4-2-5-10-17)18-11-6-3-7-12-18/h2-14,19H,15H2,1H3,(H,24,25)/b23-16+/t19-/m0/s1. The molecule has 1 saturated carbocycles. The lowest BCUT2D eigenvalue weighted by molar-refractivity contribution is -0.122. The molecule has 26 heavy (non-hydrogen) atoms. The largest absolute Gasteiger partial charge is 0.463 e. The maximum absolute atomic E-state index is 12.8. The van der Waals surface area contributed by atoms with Crippen LogP contribution in [0.15, 0.2) is 88.6 Å². The normalized spacial score (nSPS) is 18.3. The predicted octanol–water partition coefficient (Wildman–Crippen LogP) is 4.13. The molecule has 0 saturated heterocycles. The van der Waals surface area contributed by atoms with Gasteiger partial charge in [0, 0.05) is 5.41 Å². The second kappa shape index (κ2) is 6.64. The van der Waals surface area contributed by atoms with Crippen molar-refractivity contribution in [2.24, 2.45) is 11.0 Å². The number of rotatable bonds is 5. The van der Waals surface area contributed by atoms with Crippen molar-refractivity contribution in [2.45, 2.75) is 18.8 Å². The zero-order valence-corrected chi connectivity index (χ0v) is 14.6. The van der Waals surface area contributed by atoms with Gasteiger partial charge >= 0.3 is 0 Å². The van der Waals surface area contributed by atoms with E-state index in [0.29, 0.717) is 11.5 Å². The number of hydrogen-bond donors (Lipinski definition) is 1. The van der Waals surface area contributed by atoms with Crippen molar-refractivity contribution in [3.05, 3.63) is 95.9 Å².